The summed E-state index contributed by atoms with van der Waals surface area (Å²) < 4.78 is 52.6. The molecule has 0 aliphatic carbocycles. The smallest absolute Gasteiger partial charge is 0.212 e. The quantitative estimate of drug-likeness (QED) is 0.141. The van der Waals surface area contributed by atoms with Crippen molar-refractivity contribution < 1.29 is 22.4 Å². The largest absolute Gasteiger partial charge is 0.392 e. The predicted octanol–water partition coefficient (Wildman–Crippen LogP) is 5.62. The maximum Gasteiger partial charge on any atom is 0.212 e. The molecule has 178 valence electrons. The maximum atomic E-state index is 13.8. The van der Waals surface area contributed by atoms with Crippen LogP contribution in [0.1, 0.15) is 41.0 Å². The van der Waals surface area contributed by atoms with E-state index in [1.54, 1.807) is 6.20 Å². The first kappa shape index (κ1) is 23.9. The highest BCUT2D eigenvalue weighted by Gasteiger charge is 2.21. The topological polar surface area (TPSA) is 37.7 Å². The van der Waals surface area contributed by atoms with Crippen LogP contribution in [0, 0.1) is 17.6 Å². The normalized spacial score (nSPS) is 15.5. The Bertz CT molecular complexity index is 1110. The van der Waals surface area contributed by atoms with Crippen LogP contribution in [-0.4, -0.2) is 42.0 Å². The van der Waals surface area contributed by atoms with Crippen LogP contribution in [-0.2, 0) is 11.4 Å². The van der Waals surface area contributed by atoms with Crippen molar-refractivity contribution in [2.45, 2.75) is 25.3 Å². The molecule has 1 aliphatic heterocycles. The fourth-order valence-corrected chi connectivity index (χ4v) is 4.14. The first-order valence-electron chi connectivity index (χ1n) is 11.2. The molecule has 1 aliphatic rings. The Hall–Kier alpha value is -3.26. The SMILES string of the molecule is FCCON=C(c1ccc(CN2CCC(c3ccc(F)nc3)CC2)cc1)c1ccc(F)c(F)c1. The number of oxime groups is 1. The van der Waals surface area contributed by atoms with Crippen molar-refractivity contribution in [1.29, 1.82) is 0 Å². The van der Waals surface area contributed by atoms with Crippen molar-refractivity contribution in [2.75, 3.05) is 26.4 Å². The summed E-state index contributed by atoms with van der Waals surface area (Å²) in [5, 5.41) is 3.96. The van der Waals surface area contributed by atoms with E-state index >= 15 is 0 Å². The average molecular weight is 471 g/mol. The highest BCUT2D eigenvalue weighted by atomic mass is 19.2. The Kier molecular flexibility index (Phi) is 7.90. The zero-order valence-corrected chi connectivity index (χ0v) is 18.6. The fourth-order valence-electron chi connectivity index (χ4n) is 4.14. The minimum atomic E-state index is -0.993. The van der Waals surface area contributed by atoms with E-state index in [2.05, 4.69) is 15.0 Å². The molecule has 1 saturated heterocycles. The lowest BCUT2D eigenvalue weighted by atomic mass is 9.90. The van der Waals surface area contributed by atoms with Gasteiger partial charge in [-0.2, -0.15) is 4.39 Å². The Labute approximate surface area is 195 Å². The molecule has 1 aromatic heterocycles. The molecule has 2 aromatic carbocycles. The minimum absolute atomic E-state index is 0.227. The molecular weight excluding hydrogens is 446 g/mol. The van der Waals surface area contributed by atoms with Gasteiger partial charge in [-0.1, -0.05) is 35.5 Å². The van der Waals surface area contributed by atoms with E-state index < -0.39 is 24.3 Å². The summed E-state index contributed by atoms with van der Waals surface area (Å²) >= 11 is 0. The highest BCUT2D eigenvalue weighted by molar-refractivity contribution is 6.12. The van der Waals surface area contributed by atoms with Crippen molar-refractivity contribution in [2.24, 2.45) is 5.16 Å². The number of likely N-dealkylation sites (tertiary alicyclic amines) is 1. The van der Waals surface area contributed by atoms with Crippen LogP contribution < -0.4 is 0 Å². The van der Waals surface area contributed by atoms with Gasteiger partial charge in [-0.25, -0.2) is 18.2 Å². The summed E-state index contributed by atoms with van der Waals surface area (Å²) in [6.45, 7) is 1.67. The number of aromatic nitrogens is 1. The molecule has 0 N–H and O–H groups in total. The van der Waals surface area contributed by atoms with Gasteiger partial charge >= 0.3 is 0 Å². The van der Waals surface area contributed by atoms with Crippen molar-refractivity contribution in [3.63, 3.8) is 0 Å². The molecular formula is C26H25F4N3O. The minimum Gasteiger partial charge on any atom is -0.392 e. The zero-order valence-electron chi connectivity index (χ0n) is 18.6. The van der Waals surface area contributed by atoms with Crippen LogP contribution in [0.5, 0.6) is 0 Å². The second kappa shape index (κ2) is 11.2. The molecule has 0 atom stereocenters. The summed E-state index contributed by atoms with van der Waals surface area (Å²) in [7, 11) is 0. The molecule has 3 aromatic rings. The molecule has 34 heavy (non-hydrogen) atoms. The van der Waals surface area contributed by atoms with Gasteiger partial charge in [0.15, 0.2) is 11.6 Å². The van der Waals surface area contributed by atoms with Crippen LogP contribution >= 0.6 is 0 Å². The van der Waals surface area contributed by atoms with E-state index in [0.717, 1.165) is 55.7 Å². The number of alkyl halides is 1. The Morgan fingerprint density at radius 1 is 0.941 bits per heavy atom. The van der Waals surface area contributed by atoms with E-state index in [4.69, 9.17) is 4.84 Å². The second-order valence-electron chi connectivity index (χ2n) is 8.25. The van der Waals surface area contributed by atoms with E-state index in [0.29, 0.717) is 22.8 Å². The van der Waals surface area contributed by atoms with Gasteiger partial charge in [0.2, 0.25) is 5.95 Å². The molecule has 0 amide bonds. The van der Waals surface area contributed by atoms with E-state index in [9.17, 15) is 17.6 Å². The molecule has 4 nitrogen and oxygen atoms in total. The third-order valence-corrected chi connectivity index (χ3v) is 5.96. The molecule has 0 radical (unpaired) electrons. The van der Waals surface area contributed by atoms with Gasteiger partial charge in [-0.3, -0.25) is 4.90 Å². The number of hydrogen-bond donors (Lipinski definition) is 0. The lowest BCUT2D eigenvalue weighted by Gasteiger charge is -2.32. The maximum absolute atomic E-state index is 13.8. The van der Waals surface area contributed by atoms with Crippen LogP contribution in [0.15, 0.2) is 65.9 Å². The molecule has 1 fully saturated rings. The van der Waals surface area contributed by atoms with Gasteiger partial charge in [0.1, 0.15) is 19.0 Å². The lowest BCUT2D eigenvalue weighted by Crippen LogP contribution is -2.32. The predicted molar refractivity (Wildman–Crippen MR) is 122 cm³/mol. The van der Waals surface area contributed by atoms with Crippen LogP contribution in [0.25, 0.3) is 0 Å². The average Bonchev–Trinajstić information content (AvgIpc) is 2.85. The molecule has 0 spiro atoms. The number of hydrogen-bond acceptors (Lipinski definition) is 4. The van der Waals surface area contributed by atoms with Gasteiger partial charge in [0, 0.05) is 23.9 Å². The van der Waals surface area contributed by atoms with E-state index in [-0.39, 0.29) is 6.61 Å². The van der Waals surface area contributed by atoms with Crippen LogP contribution in [0.2, 0.25) is 0 Å². The van der Waals surface area contributed by atoms with E-state index in [1.165, 1.54) is 12.1 Å². The van der Waals surface area contributed by atoms with E-state index in [1.807, 2.05) is 30.3 Å². The zero-order chi connectivity index (χ0) is 23.9. The molecule has 0 saturated carbocycles. The monoisotopic (exact) mass is 471 g/mol. The van der Waals surface area contributed by atoms with Crippen LogP contribution in [0.3, 0.4) is 0 Å². The number of benzene rings is 2. The summed E-state index contributed by atoms with van der Waals surface area (Å²) in [4.78, 5) is 11.1. The standard InChI is InChI=1S/C26H25F4N3O/c27-11-14-34-32-26(21-5-7-23(28)24(29)15-21)20-3-1-18(2-4-20)17-33-12-9-19(10-13-33)22-6-8-25(30)31-16-22/h1-8,15-16,19H,9-14,17H2. The van der Waals surface area contributed by atoms with Crippen LogP contribution in [0.4, 0.5) is 17.6 Å². The summed E-state index contributed by atoms with van der Waals surface area (Å²) in [5.41, 5.74) is 3.45. The van der Waals surface area contributed by atoms with Gasteiger partial charge in [0.25, 0.3) is 0 Å². The summed E-state index contributed by atoms with van der Waals surface area (Å²) in [6.07, 6.45) is 3.58. The fraction of sp³-hybridized carbons (Fsp3) is 0.308. The number of piperidine rings is 1. The number of rotatable bonds is 8. The lowest BCUT2D eigenvalue weighted by molar-refractivity contribution is 0.128. The third-order valence-electron chi connectivity index (χ3n) is 5.96. The first-order valence-corrected chi connectivity index (χ1v) is 11.2. The number of halogens is 4. The first-order chi connectivity index (χ1) is 16.5. The Balaban J connectivity index is 1.41. The van der Waals surface area contributed by atoms with Gasteiger partial charge in [0.05, 0.1) is 0 Å². The Morgan fingerprint density at radius 3 is 2.32 bits per heavy atom. The Morgan fingerprint density at radius 2 is 1.68 bits per heavy atom. The second-order valence-corrected chi connectivity index (χ2v) is 8.25. The number of pyridine rings is 1. The van der Waals surface area contributed by atoms with Crippen molar-refractivity contribution in [3.8, 4) is 0 Å². The molecule has 4 rings (SSSR count). The molecule has 2 heterocycles. The molecule has 0 unspecified atom stereocenters. The van der Waals surface area contributed by atoms with Crippen molar-refractivity contribution in [1.82, 2.24) is 9.88 Å². The summed E-state index contributed by atoms with van der Waals surface area (Å²) in [5.74, 6) is -2.03. The molecule has 0 bridgehead atoms. The van der Waals surface area contributed by atoms with Gasteiger partial charge < -0.3 is 4.84 Å². The van der Waals surface area contributed by atoms with Crippen molar-refractivity contribution >= 4 is 5.71 Å². The third kappa shape index (κ3) is 5.99. The van der Waals surface area contributed by atoms with Gasteiger partial charge in [-0.05, 0) is 67.2 Å². The van der Waals surface area contributed by atoms with Crippen molar-refractivity contribution in [3.05, 3.63) is 101 Å². The summed E-state index contributed by atoms with van der Waals surface area (Å²) in [6, 6.07) is 14.3. The number of nitrogens with zero attached hydrogens (tertiary/aromatic N) is 3. The highest BCUT2D eigenvalue weighted by Crippen LogP contribution is 2.28. The molecule has 8 heteroatoms. The van der Waals surface area contributed by atoms with Gasteiger partial charge in [-0.15, -0.1) is 0 Å².